The maximum atomic E-state index is 11.8. The van der Waals surface area contributed by atoms with Crippen LogP contribution in [0, 0.1) is 0 Å². The molecule has 2 aromatic carbocycles. The lowest BCUT2D eigenvalue weighted by Gasteiger charge is -2.08. The van der Waals surface area contributed by atoms with Crippen LogP contribution in [0.5, 0.6) is 0 Å². The highest BCUT2D eigenvalue weighted by Crippen LogP contribution is 2.20. The summed E-state index contributed by atoms with van der Waals surface area (Å²) in [5.74, 6) is -2.32. The van der Waals surface area contributed by atoms with Gasteiger partial charge in [-0.3, -0.25) is 30.0 Å². The van der Waals surface area contributed by atoms with Gasteiger partial charge < -0.3 is 10.1 Å². The Morgan fingerprint density at radius 1 is 0.821 bits per heavy atom. The van der Waals surface area contributed by atoms with Crippen molar-refractivity contribution in [2.45, 2.75) is 12.8 Å². The van der Waals surface area contributed by atoms with Crippen molar-refractivity contribution in [1.29, 1.82) is 0 Å². The van der Waals surface area contributed by atoms with Gasteiger partial charge in [0.25, 0.3) is 11.8 Å². The van der Waals surface area contributed by atoms with Gasteiger partial charge in [-0.2, -0.15) is 0 Å². The number of carbonyl (C=O) groups is 4. The molecule has 9 heteroatoms. The highest BCUT2D eigenvalue weighted by molar-refractivity contribution is 6.33. The lowest BCUT2D eigenvalue weighted by molar-refractivity contribution is -0.148. The largest absolute Gasteiger partial charge is 0.456 e. The predicted molar refractivity (Wildman–Crippen MR) is 102 cm³/mol. The van der Waals surface area contributed by atoms with E-state index in [1.54, 1.807) is 54.6 Å². The molecule has 0 aromatic heterocycles. The molecular weight excluding hydrogens is 386 g/mol. The van der Waals surface area contributed by atoms with E-state index in [1.807, 2.05) is 0 Å². The molecule has 3 amide bonds. The van der Waals surface area contributed by atoms with Crippen LogP contribution in [-0.2, 0) is 19.1 Å². The van der Waals surface area contributed by atoms with Crippen LogP contribution >= 0.6 is 11.6 Å². The summed E-state index contributed by atoms with van der Waals surface area (Å²) in [6.07, 6.45) is -0.452. The average Bonchev–Trinajstić information content (AvgIpc) is 2.71. The van der Waals surface area contributed by atoms with Crippen molar-refractivity contribution >= 4 is 41.0 Å². The fraction of sp³-hybridized carbons (Fsp3) is 0.158. The summed E-state index contributed by atoms with van der Waals surface area (Å²) in [7, 11) is 0. The Bertz CT molecular complexity index is 858. The molecule has 28 heavy (non-hydrogen) atoms. The number of para-hydroxylation sites is 1. The van der Waals surface area contributed by atoms with E-state index in [0.717, 1.165) is 0 Å². The quantitative estimate of drug-likeness (QED) is 0.483. The third-order valence-corrected chi connectivity index (χ3v) is 3.75. The molecule has 0 heterocycles. The molecule has 2 aromatic rings. The van der Waals surface area contributed by atoms with Gasteiger partial charge in [-0.15, -0.1) is 0 Å². The molecule has 0 bridgehead atoms. The number of hydrazine groups is 1. The maximum Gasteiger partial charge on any atom is 0.306 e. The standard InChI is InChI=1S/C19H18ClN3O5/c20-14-8-4-5-9-15(14)21-17(25)12-28-18(26)11-10-16(24)22-23-19(27)13-6-2-1-3-7-13/h1-9H,10-12H2,(H,21,25)(H,22,24)(H,23,27). The summed E-state index contributed by atoms with van der Waals surface area (Å²) < 4.78 is 4.80. The van der Waals surface area contributed by atoms with Crippen molar-refractivity contribution in [2.24, 2.45) is 0 Å². The molecule has 0 spiro atoms. The summed E-state index contributed by atoms with van der Waals surface area (Å²) in [4.78, 5) is 46.8. The van der Waals surface area contributed by atoms with Crippen LogP contribution in [0.15, 0.2) is 54.6 Å². The zero-order chi connectivity index (χ0) is 20.4. The van der Waals surface area contributed by atoms with E-state index in [0.29, 0.717) is 16.3 Å². The van der Waals surface area contributed by atoms with Gasteiger partial charge in [0.1, 0.15) is 0 Å². The fourth-order valence-corrected chi connectivity index (χ4v) is 2.22. The van der Waals surface area contributed by atoms with E-state index in [2.05, 4.69) is 16.2 Å². The Kier molecular flexibility index (Phi) is 7.98. The molecule has 8 nitrogen and oxygen atoms in total. The molecular formula is C19H18ClN3O5. The Hall–Kier alpha value is -3.39. The van der Waals surface area contributed by atoms with Gasteiger partial charge in [0.2, 0.25) is 5.91 Å². The number of ether oxygens (including phenoxy) is 1. The number of esters is 1. The molecule has 3 N–H and O–H groups in total. The molecule has 0 unspecified atom stereocenters. The topological polar surface area (TPSA) is 114 Å². The minimum absolute atomic E-state index is 0.208. The van der Waals surface area contributed by atoms with Gasteiger partial charge in [-0.05, 0) is 24.3 Å². The first-order chi connectivity index (χ1) is 13.5. The third kappa shape index (κ3) is 7.08. The molecule has 0 aliphatic rings. The van der Waals surface area contributed by atoms with Crippen molar-refractivity contribution in [1.82, 2.24) is 10.9 Å². The van der Waals surface area contributed by atoms with E-state index in [4.69, 9.17) is 16.3 Å². The van der Waals surface area contributed by atoms with E-state index >= 15 is 0 Å². The van der Waals surface area contributed by atoms with Crippen molar-refractivity contribution in [3.05, 3.63) is 65.2 Å². The molecule has 0 aliphatic carbocycles. The van der Waals surface area contributed by atoms with Gasteiger partial charge in [0, 0.05) is 12.0 Å². The first-order valence-corrected chi connectivity index (χ1v) is 8.67. The maximum absolute atomic E-state index is 11.8. The van der Waals surface area contributed by atoms with E-state index in [-0.39, 0.29) is 12.8 Å². The number of anilines is 1. The molecule has 2 rings (SSSR count). The highest BCUT2D eigenvalue weighted by Gasteiger charge is 2.12. The van der Waals surface area contributed by atoms with Gasteiger partial charge in [-0.1, -0.05) is 41.9 Å². The number of hydrogen-bond acceptors (Lipinski definition) is 5. The summed E-state index contributed by atoms with van der Waals surface area (Å²) in [5.41, 5.74) is 5.22. The van der Waals surface area contributed by atoms with E-state index in [9.17, 15) is 19.2 Å². The smallest absolute Gasteiger partial charge is 0.306 e. The second-order valence-corrected chi connectivity index (χ2v) is 5.96. The Balaban J connectivity index is 1.63. The minimum Gasteiger partial charge on any atom is -0.456 e. The average molecular weight is 404 g/mol. The lowest BCUT2D eigenvalue weighted by atomic mass is 10.2. The van der Waals surface area contributed by atoms with E-state index < -0.39 is 30.3 Å². The Morgan fingerprint density at radius 3 is 2.21 bits per heavy atom. The van der Waals surface area contributed by atoms with Crippen LogP contribution in [0.2, 0.25) is 5.02 Å². The van der Waals surface area contributed by atoms with Crippen LogP contribution in [0.4, 0.5) is 5.69 Å². The minimum atomic E-state index is -0.723. The number of benzene rings is 2. The van der Waals surface area contributed by atoms with Crippen LogP contribution in [-0.4, -0.2) is 30.3 Å². The van der Waals surface area contributed by atoms with Gasteiger partial charge >= 0.3 is 5.97 Å². The summed E-state index contributed by atoms with van der Waals surface area (Å²) in [6, 6.07) is 14.9. The SMILES string of the molecule is O=C(CCC(=O)OCC(=O)Nc1ccccc1Cl)NNC(=O)c1ccccc1. The second kappa shape index (κ2) is 10.7. The summed E-state index contributed by atoms with van der Waals surface area (Å²) in [6.45, 7) is -0.504. The number of carbonyl (C=O) groups excluding carboxylic acids is 4. The number of amides is 3. The van der Waals surface area contributed by atoms with Crippen molar-refractivity contribution in [2.75, 3.05) is 11.9 Å². The molecule has 0 saturated carbocycles. The molecule has 0 aliphatic heterocycles. The van der Waals surface area contributed by atoms with E-state index in [1.165, 1.54) is 0 Å². The monoisotopic (exact) mass is 403 g/mol. The van der Waals surface area contributed by atoms with Crippen LogP contribution in [0.3, 0.4) is 0 Å². The normalized spacial score (nSPS) is 9.89. The van der Waals surface area contributed by atoms with Crippen LogP contribution in [0.1, 0.15) is 23.2 Å². The molecule has 0 fully saturated rings. The number of hydrogen-bond donors (Lipinski definition) is 3. The third-order valence-electron chi connectivity index (χ3n) is 3.42. The zero-order valence-electron chi connectivity index (χ0n) is 14.7. The first-order valence-electron chi connectivity index (χ1n) is 8.30. The number of nitrogens with one attached hydrogen (secondary N) is 3. The van der Waals surface area contributed by atoms with Crippen molar-refractivity contribution in [3.8, 4) is 0 Å². The van der Waals surface area contributed by atoms with Crippen LogP contribution in [0.25, 0.3) is 0 Å². The number of halogens is 1. The zero-order valence-corrected chi connectivity index (χ0v) is 15.5. The summed E-state index contributed by atoms with van der Waals surface area (Å²) in [5, 5.41) is 2.86. The predicted octanol–water partition coefficient (Wildman–Crippen LogP) is 2.06. The van der Waals surface area contributed by atoms with Gasteiger partial charge in [0.15, 0.2) is 6.61 Å². The molecule has 0 radical (unpaired) electrons. The molecule has 0 atom stereocenters. The second-order valence-electron chi connectivity index (χ2n) is 5.56. The van der Waals surface area contributed by atoms with Crippen molar-refractivity contribution in [3.63, 3.8) is 0 Å². The van der Waals surface area contributed by atoms with Crippen molar-refractivity contribution < 1.29 is 23.9 Å². The Labute approximate surface area is 166 Å². The van der Waals surface area contributed by atoms with Gasteiger partial charge in [0.05, 0.1) is 17.1 Å². The van der Waals surface area contributed by atoms with Gasteiger partial charge in [-0.25, -0.2) is 0 Å². The van der Waals surface area contributed by atoms with Crippen LogP contribution < -0.4 is 16.2 Å². The first kappa shape index (κ1) is 20.9. The molecule has 146 valence electrons. The number of rotatable bonds is 7. The Morgan fingerprint density at radius 2 is 1.50 bits per heavy atom. The highest BCUT2D eigenvalue weighted by atomic mass is 35.5. The summed E-state index contributed by atoms with van der Waals surface area (Å²) >= 11 is 5.91. The lowest BCUT2D eigenvalue weighted by Crippen LogP contribution is -2.41. The fourth-order valence-electron chi connectivity index (χ4n) is 2.03. The molecule has 0 saturated heterocycles.